The molecular weight excluding hydrogens is 362 g/mol. The molecule has 1 amide bonds. The van der Waals surface area contributed by atoms with Crippen molar-refractivity contribution in [3.63, 3.8) is 0 Å². The molecule has 3 aromatic rings. The van der Waals surface area contributed by atoms with Crippen molar-refractivity contribution in [1.82, 2.24) is 19.8 Å². The van der Waals surface area contributed by atoms with Gasteiger partial charge >= 0.3 is 6.03 Å². The number of para-hydroxylation sites is 1. The fourth-order valence-corrected chi connectivity index (χ4v) is 3.42. The van der Waals surface area contributed by atoms with Crippen molar-refractivity contribution in [3.05, 3.63) is 60.4 Å². The number of carbonyl (C=O) groups is 1. The molecular formula is C23H25N5O. The number of anilines is 1. The lowest BCUT2D eigenvalue weighted by molar-refractivity contribution is 0.243. The zero-order chi connectivity index (χ0) is 20.2. The van der Waals surface area contributed by atoms with Crippen molar-refractivity contribution in [3.8, 4) is 11.8 Å². The van der Waals surface area contributed by atoms with Gasteiger partial charge in [-0.15, -0.1) is 0 Å². The number of benzene rings is 2. The second kappa shape index (κ2) is 8.38. The number of carbonyl (C=O) groups excluding carboxylic acids is 1. The lowest BCUT2D eigenvalue weighted by Crippen LogP contribution is -2.57. The number of aromatic nitrogens is 2. The molecule has 6 nitrogen and oxygen atoms in total. The van der Waals surface area contributed by atoms with Gasteiger partial charge in [-0.3, -0.25) is 4.57 Å². The second-order valence-electron chi connectivity index (χ2n) is 7.43. The summed E-state index contributed by atoms with van der Waals surface area (Å²) in [5, 5.41) is 2.92. The number of nitrogens with zero attached hydrogens (tertiary/aromatic N) is 4. The molecule has 148 valence electrons. The normalized spacial score (nSPS) is 13.8. The van der Waals surface area contributed by atoms with E-state index in [1.165, 1.54) is 0 Å². The third-order valence-corrected chi connectivity index (χ3v) is 5.24. The van der Waals surface area contributed by atoms with E-state index in [1.54, 1.807) is 10.9 Å². The Morgan fingerprint density at radius 3 is 2.72 bits per heavy atom. The van der Waals surface area contributed by atoms with Gasteiger partial charge in [-0.25, -0.2) is 9.78 Å². The summed E-state index contributed by atoms with van der Waals surface area (Å²) in [5.74, 6) is 6.19. The van der Waals surface area contributed by atoms with Gasteiger partial charge < -0.3 is 15.1 Å². The predicted molar refractivity (Wildman–Crippen MR) is 116 cm³/mol. The van der Waals surface area contributed by atoms with E-state index in [0.29, 0.717) is 19.0 Å². The van der Waals surface area contributed by atoms with Crippen LogP contribution in [0.15, 0.2) is 54.9 Å². The molecule has 29 heavy (non-hydrogen) atoms. The Labute approximate surface area is 171 Å². The van der Waals surface area contributed by atoms with E-state index < -0.39 is 0 Å². The van der Waals surface area contributed by atoms with Gasteiger partial charge in [0.1, 0.15) is 11.8 Å². The highest BCUT2D eigenvalue weighted by Crippen LogP contribution is 2.29. The Morgan fingerprint density at radius 2 is 1.97 bits per heavy atom. The maximum Gasteiger partial charge on any atom is 0.327 e. The Bertz CT molecular complexity index is 1060. The minimum absolute atomic E-state index is 0.180. The Kier molecular flexibility index (Phi) is 5.50. The molecule has 1 aliphatic rings. The number of imidazole rings is 1. The summed E-state index contributed by atoms with van der Waals surface area (Å²) in [5.41, 5.74) is 3.75. The molecule has 1 aliphatic heterocycles. The van der Waals surface area contributed by atoms with Crippen LogP contribution in [0.2, 0.25) is 0 Å². The average molecular weight is 387 g/mol. The average Bonchev–Trinajstić information content (AvgIpc) is 3.12. The van der Waals surface area contributed by atoms with Crippen LogP contribution in [0.25, 0.3) is 11.0 Å². The van der Waals surface area contributed by atoms with Gasteiger partial charge in [0, 0.05) is 37.7 Å². The molecule has 2 aromatic carbocycles. The number of nitrogens with one attached hydrogen (secondary N) is 1. The SMILES string of the molecule is CN(C)C1CN(c2cccc3c2ncn3C(=O)NCCC#Cc2ccccc2)C1. The molecule has 2 heterocycles. The van der Waals surface area contributed by atoms with E-state index in [2.05, 4.69) is 52.1 Å². The maximum atomic E-state index is 12.6. The molecule has 0 atom stereocenters. The maximum absolute atomic E-state index is 12.6. The van der Waals surface area contributed by atoms with Crippen LogP contribution in [0.1, 0.15) is 12.0 Å². The van der Waals surface area contributed by atoms with Crippen LogP contribution in [-0.2, 0) is 0 Å². The zero-order valence-corrected chi connectivity index (χ0v) is 16.8. The van der Waals surface area contributed by atoms with Gasteiger partial charge in [-0.1, -0.05) is 36.1 Å². The summed E-state index contributed by atoms with van der Waals surface area (Å²) < 4.78 is 1.58. The van der Waals surface area contributed by atoms with Crippen molar-refractivity contribution in [2.75, 3.05) is 38.6 Å². The van der Waals surface area contributed by atoms with Crippen LogP contribution in [0.5, 0.6) is 0 Å². The van der Waals surface area contributed by atoms with Crippen LogP contribution in [0.4, 0.5) is 10.5 Å². The summed E-state index contributed by atoms with van der Waals surface area (Å²) in [4.78, 5) is 21.7. The molecule has 1 aromatic heterocycles. The Balaban J connectivity index is 1.39. The Morgan fingerprint density at radius 1 is 1.17 bits per heavy atom. The zero-order valence-electron chi connectivity index (χ0n) is 16.8. The summed E-state index contributed by atoms with van der Waals surface area (Å²) >= 11 is 0. The predicted octanol–water partition coefficient (Wildman–Crippen LogP) is 2.79. The topological polar surface area (TPSA) is 53.4 Å². The second-order valence-corrected chi connectivity index (χ2v) is 7.43. The van der Waals surface area contributed by atoms with Crippen molar-refractivity contribution >= 4 is 22.8 Å². The van der Waals surface area contributed by atoms with Crippen molar-refractivity contribution in [1.29, 1.82) is 0 Å². The minimum Gasteiger partial charge on any atom is -0.366 e. The number of fused-ring (bicyclic) bond motifs is 1. The molecule has 1 saturated heterocycles. The van der Waals surface area contributed by atoms with E-state index in [4.69, 9.17) is 0 Å². The third kappa shape index (κ3) is 4.10. The summed E-state index contributed by atoms with van der Waals surface area (Å²) in [6.07, 6.45) is 2.20. The van der Waals surface area contributed by atoms with E-state index >= 15 is 0 Å². The molecule has 0 bridgehead atoms. The third-order valence-electron chi connectivity index (χ3n) is 5.24. The van der Waals surface area contributed by atoms with Gasteiger partial charge in [0.05, 0.1) is 11.2 Å². The minimum atomic E-state index is -0.180. The van der Waals surface area contributed by atoms with Gasteiger partial charge in [0.2, 0.25) is 0 Å². The van der Waals surface area contributed by atoms with Gasteiger partial charge in [0.25, 0.3) is 0 Å². The van der Waals surface area contributed by atoms with Crippen LogP contribution < -0.4 is 10.2 Å². The van der Waals surface area contributed by atoms with Gasteiger partial charge in [0.15, 0.2) is 0 Å². The number of amides is 1. The standard InChI is InChI=1S/C23H25N5O/c1-26(2)19-15-27(16-19)20-12-8-13-21-22(20)25-17-28(21)23(29)24-14-7-6-11-18-9-4-3-5-10-18/h3-5,8-10,12-13,17,19H,7,14-16H2,1-2H3,(H,24,29). The van der Waals surface area contributed by atoms with Crippen LogP contribution in [-0.4, -0.2) is 60.3 Å². The fourth-order valence-electron chi connectivity index (χ4n) is 3.42. The van der Waals surface area contributed by atoms with Crippen molar-refractivity contribution < 1.29 is 4.79 Å². The van der Waals surface area contributed by atoms with Crippen LogP contribution in [0.3, 0.4) is 0 Å². The monoisotopic (exact) mass is 387 g/mol. The fraction of sp³-hybridized carbons (Fsp3) is 0.304. The summed E-state index contributed by atoms with van der Waals surface area (Å²) in [7, 11) is 4.21. The highest BCUT2D eigenvalue weighted by atomic mass is 16.2. The molecule has 1 N–H and O–H groups in total. The van der Waals surface area contributed by atoms with Crippen molar-refractivity contribution in [2.45, 2.75) is 12.5 Å². The lowest BCUT2D eigenvalue weighted by atomic mass is 10.1. The van der Waals surface area contributed by atoms with Crippen molar-refractivity contribution in [2.24, 2.45) is 0 Å². The molecule has 1 fully saturated rings. The number of likely N-dealkylation sites (N-methyl/N-ethyl adjacent to an activating group) is 1. The summed E-state index contributed by atoms with van der Waals surface area (Å²) in [6, 6.07) is 16.2. The lowest BCUT2D eigenvalue weighted by Gasteiger charge is -2.44. The van der Waals surface area contributed by atoms with E-state index in [9.17, 15) is 4.79 Å². The first-order valence-corrected chi connectivity index (χ1v) is 9.83. The number of rotatable bonds is 4. The number of hydrogen-bond donors (Lipinski definition) is 1. The van der Waals surface area contributed by atoms with Gasteiger partial charge in [-0.2, -0.15) is 0 Å². The molecule has 0 saturated carbocycles. The molecule has 0 aliphatic carbocycles. The highest BCUT2D eigenvalue weighted by Gasteiger charge is 2.30. The van der Waals surface area contributed by atoms with E-state index in [-0.39, 0.29) is 6.03 Å². The van der Waals surface area contributed by atoms with Crippen LogP contribution >= 0.6 is 0 Å². The quantitative estimate of drug-likeness (QED) is 0.553. The first-order chi connectivity index (χ1) is 14.1. The molecule has 0 unspecified atom stereocenters. The highest BCUT2D eigenvalue weighted by molar-refractivity contribution is 5.95. The molecule has 4 rings (SSSR count). The molecule has 0 radical (unpaired) electrons. The smallest absolute Gasteiger partial charge is 0.327 e. The summed E-state index contributed by atoms with van der Waals surface area (Å²) in [6.45, 7) is 2.45. The van der Waals surface area contributed by atoms with E-state index in [0.717, 1.165) is 35.4 Å². The molecule has 6 heteroatoms. The first-order valence-electron chi connectivity index (χ1n) is 9.83. The first kappa shape index (κ1) is 19.0. The van der Waals surface area contributed by atoms with E-state index in [1.807, 2.05) is 42.5 Å². The van der Waals surface area contributed by atoms with Gasteiger partial charge in [-0.05, 0) is 38.4 Å². The van der Waals surface area contributed by atoms with Crippen LogP contribution in [0, 0.1) is 11.8 Å². The molecule has 0 spiro atoms. The number of hydrogen-bond acceptors (Lipinski definition) is 4. The Hall–Kier alpha value is -3.30. The largest absolute Gasteiger partial charge is 0.366 e.